The molecule has 1 unspecified atom stereocenters. The second-order valence-corrected chi connectivity index (χ2v) is 22.7. The lowest BCUT2D eigenvalue weighted by Crippen LogP contribution is -2.30. The van der Waals surface area contributed by atoms with Crippen molar-refractivity contribution in [1.29, 1.82) is 0 Å². The smallest absolute Gasteiger partial charge is 0.306 e. The van der Waals surface area contributed by atoms with Crippen molar-refractivity contribution in [2.75, 3.05) is 13.2 Å². The Kier molecular flexibility index (Phi) is 65.2. The van der Waals surface area contributed by atoms with Crippen molar-refractivity contribution >= 4 is 17.9 Å². The molecule has 0 bridgehead atoms. The van der Waals surface area contributed by atoms with Crippen LogP contribution in [0.5, 0.6) is 0 Å². The second-order valence-electron chi connectivity index (χ2n) is 22.7. The molecule has 0 spiro atoms. The van der Waals surface area contributed by atoms with Crippen LogP contribution in [0.4, 0.5) is 0 Å². The summed E-state index contributed by atoms with van der Waals surface area (Å²) in [6.45, 7) is 6.41. The summed E-state index contributed by atoms with van der Waals surface area (Å²) in [5.74, 6) is -0.895. The predicted molar refractivity (Wildman–Crippen MR) is 353 cm³/mol. The zero-order valence-corrected chi connectivity index (χ0v) is 53.3. The molecule has 0 aromatic carbocycles. The Morgan fingerprint density at radius 1 is 0.259 bits per heavy atom. The predicted octanol–water partition coefficient (Wildman–Crippen LogP) is 23.8. The zero-order chi connectivity index (χ0) is 58.5. The first-order valence-electron chi connectivity index (χ1n) is 34.4. The monoisotopic (exact) mass is 1120 g/mol. The largest absolute Gasteiger partial charge is 0.462 e. The number of ether oxygens (including phenoxy) is 3. The van der Waals surface area contributed by atoms with Gasteiger partial charge in [-0.2, -0.15) is 0 Å². The van der Waals surface area contributed by atoms with Crippen LogP contribution in [0.1, 0.15) is 329 Å². The van der Waals surface area contributed by atoms with Gasteiger partial charge in [0.15, 0.2) is 6.10 Å². The lowest BCUT2D eigenvalue weighted by atomic mass is 10.0. The first-order valence-corrected chi connectivity index (χ1v) is 34.4. The van der Waals surface area contributed by atoms with Crippen LogP contribution in [0.2, 0.25) is 0 Å². The highest BCUT2D eigenvalue weighted by Gasteiger charge is 2.19. The fourth-order valence-corrected chi connectivity index (χ4v) is 9.70. The van der Waals surface area contributed by atoms with E-state index in [-0.39, 0.29) is 31.1 Å². The Morgan fingerprint density at radius 3 is 0.753 bits per heavy atom. The molecule has 0 amide bonds. The van der Waals surface area contributed by atoms with E-state index in [0.717, 1.165) is 128 Å². The van der Waals surface area contributed by atoms with E-state index >= 15 is 0 Å². The maximum absolute atomic E-state index is 12.9. The maximum atomic E-state index is 12.9. The number of rotatable bonds is 62. The van der Waals surface area contributed by atoms with Gasteiger partial charge in [-0.15, -0.1) is 0 Å². The Hall–Kier alpha value is -3.93. The molecule has 0 saturated carbocycles. The average molecular weight is 1130 g/mol. The van der Waals surface area contributed by atoms with Crippen LogP contribution in [-0.4, -0.2) is 37.2 Å². The molecule has 0 saturated heterocycles. The highest BCUT2D eigenvalue weighted by molar-refractivity contribution is 5.71. The fourth-order valence-electron chi connectivity index (χ4n) is 9.70. The van der Waals surface area contributed by atoms with Gasteiger partial charge in [-0.1, -0.05) is 316 Å². The first kappa shape index (κ1) is 77.1. The summed E-state index contributed by atoms with van der Waals surface area (Å²) in [5, 5.41) is 0. The van der Waals surface area contributed by atoms with Crippen LogP contribution in [0.25, 0.3) is 0 Å². The van der Waals surface area contributed by atoms with Crippen molar-refractivity contribution < 1.29 is 28.6 Å². The van der Waals surface area contributed by atoms with Gasteiger partial charge in [-0.3, -0.25) is 14.4 Å². The fraction of sp³-hybridized carbons (Fsp3) is 0.720. The third-order valence-electron chi connectivity index (χ3n) is 14.8. The normalized spacial score (nSPS) is 12.8. The van der Waals surface area contributed by atoms with Crippen LogP contribution < -0.4 is 0 Å². The summed E-state index contributed by atoms with van der Waals surface area (Å²) in [4.78, 5) is 38.3. The van der Waals surface area contributed by atoms with Gasteiger partial charge in [0.25, 0.3) is 0 Å². The number of esters is 3. The van der Waals surface area contributed by atoms with Gasteiger partial charge in [0.2, 0.25) is 0 Å². The molecule has 0 heterocycles. The molecule has 0 aromatic rings. The van der Waals surface area contributed by atoms with Crippen LogP contribution in [0.3, 0.4) is 0 Å². The molecule has 0 rings (SSSR count). The Labute approximate surface area is 501 Å². The molecule has 0 aliphatic rings. The van der Waals surface area contributed by atoms with Gasteiger partial charge >= 0.3 is 17.9 Å². The van der Waals surface area contributed by atoms with Gasteiger partial charge in [0, 0.05) is 19.3 Å². The zero-order valence-electron chi connectivity index (χ0n) is 53.3. The molecule has 0 aliphatic heterocycles. The van der Waals surface area contributed by atoms with Gasteiger partial charge in [0.05, 0.1) is 0 Å². The molecule has 0 aromatic heterocycles. The van der Waals surface area contributed by atoms with E-state index in [1.807, 2.05) is 0 Å². The van der Waals surface area contributed by atoms with Crippen molar-refractivity contribution in [2.24, 2.45) is 0 Å². The maximum Gasteiger partial charge on any atom is 0.306 e. The number of carbonyl (C=O) groups is 3. The summed E-state index contributed by atoms with van der Waals surface area (Å²) in [7, 11) is 0. The van der Waals surface area contributed by atoms with Gasteiger partial charge < -0.3 is 14.2 Å². The molecular formula is C75H128O6. The number of hydrogen-bond acceptors (Lipinski definition) is 6. The summed E-state index contributed by atoms with van der Waals surface area (Å²) in [5.41, 5.74) is 0. The summed E-state index contributed by atoms with van der Waals surface area (Å²) < 4.78 is 16.9. The van der Waals surface area contributed by atoms with Crippen molar-refractivity contribution in [3.05, 3.63) is 109 Å². The van der Waals surface area contributed by atoms with E-state index in [0.29, 0.717) is 19.3 Å². The van der Waals surface area contributed by atoms with Crippen molar-refractivity contribution in [3.8, 4) is 0 Å². The molecule has 6 nitrogen and oxygen atoms in total. The summed E-state index contributed by atoms with van der Waals surface area (Å²) >= 11 is 0. The quantitative estimate of drug-likeness (QED) is 0.0261. The SMILES string of the molecule is CC/C=C\C/C=C\C/C=C\C/C=C\C/C=C\CCCCCCCCCCCCCCCCCCCCCC(=O)OCC(COC(=O)CCCCCCCCCCCCC)OC(=O)CCCCCC/C=C\C/C=C\C/C=C\C/C=C\CC. The van der Waals surface area contributed by atoms with E-state index in [9.17, 15) is 14.4 Å². The van der Waals surface area contributed by atoms with Crippen molar-refractivity contribution in [1.82, 2.24) is 0 Å². The minimum absolute atomic E-state index is 0.0836. The van der Waals surface area contributed by atoms with Gasteiger partial charge in [0.1, 0.15) is 13.2 Å². The summed E-state index contributed by atoms with van der Waals surface area (Å²) in [6, 6.07) is 0. The lowest BCUT2D eigenvalue weighted by molar-refractivity contribution is -0.167. The van der Waals surface area contributed by atoms with Crippen LogP contribution >= 0.6 is 0 Å². The van der Waals surface area contributed by atoms with E-state index in [2.05, 4.69) is 130 Å². The molecule has 0 N–H and O–H groups in total. The van der Waals surface area contributed by atoms with Crippen molar-refractivity contribution in [2.45, 2.75) is 335 Å². The average Bonchev–Trinajstić information content (AvgIpc) is 3.47. The minimum atomic E-state index is -0.788. The van der Waals surface area contributed by atoms with E-state index < -0.39 is 6.10 Å². The van der Waals surface area contributed by atoms with Gasteiger partial charge in [-0.05, 0) is 103 Å². The minimum Gasteiger partial charge on any atom is -0.462 e. The molecule has 0 aliphatic carbocycles. The highest BCUT2D eigenvalue weighted by Crippen LogP contribution is 2.17. The Bertz CT molecular complexity index is 1620. The number of allylic oxidation sites excluding steroid dienone is 18. The first-order chi connectivity index (χ1) is 40.0. The highest BCUT2D eigenvalue weighted by atomic mass is 16.6. The molecule has 464 valence electrons. The van der Waals surface area contributed by atoms with E-state index in [4.69, 9.17) is 14.2 Å². The van der Waals surface area contributed by atoms with Crippen molar-refractivity contribution in [3.63, 3.8) is 0 Å². The lowest BCUT2D eigenvalue weighted by Gasteiger charge is -2.18. The molecule has 6 heteroatoms. The van der Waals surface area contributed by atoms with E-state index in [1.54, 1.807) is 0 Å². The molecule has 0 radical (unpaired) electrons. The van der Waals surface area contributed by atoms with Crippen LogP contribution in [0.15, 0.2) is 109 Å². The van der Waals surface area contributed by atoms with Gasteiger partial charge in [-0.25, -0.2) is 0 Å². The third-order valence-corrected chi connectivity index (χ3v) is 14.8. The molecular weight excluding hydrogens is 997 g/mol. The second kappa shape index (κ2) is 68.6. The standard InChI is InChI=1S/C75H128O6/c1-4-7-10-13-16-19-22-24-26-28-29-30-31-32-33-34-35-36-37-38-39-40-41-42-43-44-45-47-48-50-53-56-59-62-65-68-74(77)80-71-72(70-79-73(76)67-64-61-58-55-52-21-18-15-12-9-6-3)81-75(78)69-66-63-60-57-54-51-49-46-27-25-23-20-17-14-11-8-5-2/h7-8,10-11,16-17,19-20,24-27,29-30,32-33,49,51,72H,4-6,9,12-15,18,21-23,28,31,34-48,50,52-71H2,1-3H3/b10-7-,11-8-,19-16-,20-17-,26-24-,27-25-,30-29-,33-32-,51-49-. The number of carbonyl (C=O) groups excluding carboxylic acids is 3. The van der Waals surface area contributed by atoms with Crippen LogP contribution in [0, 0.1) is 0 Å². The number of hydrogen-bond donors (Lipinski definition) is 0. The van der Waals surface area contributed by atoms with Crippen LogP contribution in [-0.2, 0) is 28.6 Å². The Balaban J connectivity index is 4.12. The Morgan fingerprint density at radius 2 is 0.481 bits per heavy atom. The molecule has 1 atom stereocenters. The number of unbranched alkanes of at least 4 members (excludes halogenated alkanes) is 33. The summed E-state index contributed by atoms with van der Waals surface area (Å²) in [6.07, 6.45) is 94.1. The van der Waals surface area contributed by atoms with E-state index in [1.165, 1.54) is 161 Å². The molecule has 0 fully saturated rings. The molecule has 81 heavy (non-hydrogen) atoms. The third kappa shape index (κ3) is 66.8. The topological polar surface area (TPSA) is 78.9 Å².